The first-order valence-corrected chi connectivity index (χ1v) is 6.00. The van der Waals surface area contributed by atoms with Gasteiger partial charge in [-0.3, -0.25) is 4.79 Å². The fourth-order valence-electron chi connectivity index (χ4n) is 1.58. The van der Waals surface area contributed by atoms with Crippen molar-refractivity contribution in [2.75, 3.05) is 13.1 Å². The molecule has 4 heteroatoms. The summed E-state index contributed by atoms with van der Waals surface area (Å²) < 4.78 is 0. The lowest BCUT2D eigenvalue weighted by molar-refractivity contribution is -0.124. The molecule has 0 aliphatic rings. The summed E-state index contributed by atoms with van der Waals surface area (Å²) in [6.07, 6.45) is 0. The Bertz CT molecular complexity index is 365. The summed E-state index contributed by atoms with van der Waals surface area (Å²) in [6, 6.07) is 10.2. The Kier molecular flexibility index (Phi) is 6.96. The number of amides is 1. The fraction of sp³-hybridized carbons (Fsp3) is 0.500. The molecule has 0 aromatic heterocycles. The van der Waals surface area contributed by atoms with Gasteiger partial charge >= 0.3 is 0 Å². The van der Waals surface area contributed by atoms with Crippen LogP contribution in [0.3, 0.4) is 0 Å². The lowest BCUT2D eigenvalue weighted by Crippen LogP contribution is -2.40. The molecule has 1 aromatic carbocycles. The second-order valence-electron chi connectivity index (χ2n) is 5.10. The van der Waals surface area contributed by atoms with Gasteiger partial charge in [0.15, 0.2) is 0 Å². The van der Waals surface area contributed by atoms with Crippen molar-refractivity contribution in [1.29, 1.82) is 0 Å². The lowest BCUT2D eigenvalue weighted by atomic mass is 9.84. The Balaban J connectivity index is 0.00000289. The van der Waals surface area contributed by atoms with Gasteiger partial charge in [0.05, 0.1) is 0 Å². The summed E-state index contributed by atoms with van der Waals surface area (Å²) in [5.74, 6) is -0.0990. The van der Waals surface area contributed by atoms with Crippen LogP contribution in [0.25, 0.3) is 0 Å². The molecule has 0 saturated heterocycles. The van der Waals surface area contributed by atoms with E-state index in [0.29, 0.717) is 13.1 Å². The monoisotopic (exact) mass is 270 g/mol. The average Bonchev–Trinajstić information content (AvgIpc) is 2.36. The van der Waals surface area contributed by atoms with Crippen LogP contribution >= 0.6 is 12.4 Å². The van der Waals surface area contributed by atoms with Gasteiger partial charge in [0, 0.05) is 24.4 Å². The standard InChI is InChI=1S/C14H22N2O.ClH/c1-11(9-15)13(17)16-10-14(2,3)12-7-5-4-6-8-12;/h4-8,11H,9-10,15H2,1-3H3,(H,16,17);1H. The van der Waals surface area contributed by atoms with E-state index in [-0.39, 0.29) is 29.6 Å². The van der Waals surface area contributed by atoms with E-state index >= 15 is 0 Å². The molecule has 0 spiro atoms. The topological polar surface area (TPSA) is 55.1 Å². The SMILES string of the molecule is CC(CN)C(=O)NCC(C)(C)c1ccccc1.Cl. The molecule has 0 heterocycles. The van der Waals surface area contributed by atoms with Gasteiger partial charge in [-0.25, -0.2) is 0 Å². The number of hydrogen-bond donors (Lipinski definition) is 2. The maximum absolute atomic E-state index is 11.7. The Morgan fingerprint density at radius 1 is 1.33 bits per heavy atom. The van der Waals surface area contributed by atoms with Crippen LogP contribution in [0, 0.1) is 5.92 Å². The lowest BCUT2D eigenvalue weighted by Gasteiger charge is -2.26. The molecule has 1 amide bonds. The van der Waals surface area contributed by atoms with Crippen LogP contribution in [-0.2, 0) is 10.2 Å². The van der Waals surface area contributed by atoms with Crippen molar-refractivity contribution in [2.45, 2.75) is 26.2 Å². The van der Waals surface area contributed by atoms with E-state index in [2.05, 4.69) is 31.3 Å². The number of nitrogens with two attached hydrogens (primary N) is 1. The van der Waals surface area contributed by atoms with E-state index in [1.165, 1.54) is 5.56 Å². The maximum Gasteiger partial charge on any atom is 0.224 e. The highest BCUT2D eigenvalue weighted by Crippen LogP contribution is 2.21. The number of rotatable bonds is 5. The van der Waals surface area contributed by atoms with E-state index in [4.69, 9.17) is 5.73 Å². The highest BCUT2D eigenvalue weighted by Gasteiger charge is 2.22. The minimum atomic E-state index is -0.124. The predicted molar refractivity (Wildman–Crippen MR) is 77.9 cm³/mol. The van der Waals surface area contributed by atoms with Crippen molar-refractivity contribution < 1.29 is 4.79 Å². The Morgan fingerprint density at radius 3 is 2.39 bits per heavy atom. The van der Waals surface area contributed by atoms with Crippen molar-refractivity contribution in [3.8, 4) is 0 Å². The first-order chi connectivity index (χ1) is 7.97. The van der Waals surface area contributed by atoms with Crippen LogP contribution in [0.2, 0.25) is 0 Å². The molecule has 0 fully saturated rings. The second kappa shape index (κ2) is 7.39. The molecular weight excluding hydrogens is 248 g/mol. The first-order valence-electron chi connectivity index (χ1n) is 6.00. The van der Waals surface area contributed by atoms with Crippen LogP contribution in [0.4, 0.5) is 0 Å². The van der Waals surface area contributed by atoms with Crippen LogP contribution < -0.4 is 11.1 Å². The molecule has 0 saturated carbocycles. The van der Waals surface area contributed by atoms with Crippen molar-refractivity contribution in [1.82, 2.24) is 5.32 Å². The normalized spacial score (nSPS) is 12.4. The van der Waals surface area contributed by atoms with Gasteiger partial charge < -0.3 is 11.1 Å². The molecule has 3 N–H and O–H groups in total. The smallest absolute Gasteiger partial charge is 0.224 e. The summed E-state index contributed by atoms with van der Waals surface area (Å²) in [5.41, 5.74) is 6.62. The number of carbonyl (C=O) groups excluding carboxylic acids is 1. The number of halogens is 1. The van der Waals surface area contributed by atoms with E-state index in [0.717, 1.165) is 0 Å². The van der Waals surface area contributed by atoms with Gasteiger partial charge in [0.2, 0.25) is 5.91 Å². The molecule has 1 atom stereocenters. The number of nitrogens with one attached hydrogen (secondary N) is 1. The van der Waals surface area contributed by atoms with Crippen LogP contribution in [0.15, 0.2) is 30.3 Å². The van der Waals surface area contributed by atoms with Gasteiger partial charge in [-0.2, -0.15) is 0 Å². The average molecular weight is 271 g/mol. The van der Waals surface area contributed by atoms with Crippen LogP contribution in [0.5, 0.6) is 0 Å². The van der Waals surface area contributed by atoms with E-state index in [1.807, 2.05) is 25.1 Å². The number of hydrogen-bond acceptors (Lipinski definition) is 2. The summed E-state index contributed by atoms with van der Waals surface area (Å²) in [6.45, 7) is 7.09. The largest absolute Gasteiger partial charge is 0.355 e. The van der Waals surface area contributed by atoms with Crippen molar-refractivity contribution in [3.63, 3.8) is 0 Å². The quantitative estimate of drug-likeness (QED) is 0.861. The molecule has 0 bridgehead atoms. The highest BCUT2D eigenvalue weighted by atomic mass is 35.5. The molecule has 1 rings (SSSR count). The molecule has 102 valence electrons. The molecular formula is C14H23ClN2O. The van der Waals surface area contributed by atoms with Gasteiger partial charge in [0.25, 0.3) is 0 Å². The van der Waals surface area contributed by atoms with Crippen molar-refractivity contribution in [2.24, 2.45) is 11.7 Å². The van der Waals surface area contributed by atoms with E-state index in [9.17, 15) is 4.79 Å². The molecule has 0 aliphatic carbocycles. The molecule has 3 nitrogen and oxygen atoms in total. The molecule has 0 aliphatic heterocycles. The third-order valence-electron chi connectivity index (χ3n) is 3.06. The third kappa shape index (κ3) is 4.67. The maximum atomic E-state index is 11.7. The number of benzene rings is 1. The van der Waals surface area contributed by atoms with Crippen molar-refractivity contribution in [3.05, 3.63) is 35.9 Å². The summed E-state index contributed by atoms with van der Waals surface area (Å²) in [5, 5.41) is 2.95. The third-order valence-corrected chi connectivity index (χ3v) is 3.06. The summed E-state index contributed by atoms with van der Waals surface area (Å²) >= 11 is 0. The highest BCUT2D eigenvalue weighted by molar-refractivity contribution is 5.85. The molecule has 1 unspecified atom stereocenters. The zero-order valence-electron chi connectivity index (χ0n) is 11.3. The zero-order valence-corrected chi connectivity index (χ0v) is 12.1. The van der Waals surface area contributed by atoms with Crippen molar-refractivity contribution >= 4 is 18.3 Å². The Morgan fingerprint density at radius 2 is 1.89 bits per heavy atom. The molecule has 0 radical (unpaired) electrons. The summed E-state index contributed by atoms with van der Waals surface area (Å²) in [4.78, 5) is 11.7. The number of carbonyl (C=O) groups is 1. The Hall–Kier alpha value is -1.06. The Labute approximate surface area is 116 Å². The zero-order chi connectivity index (χ0) is 12.9. The molecule has 18 heavy (non-hydrogen) atoms. The summed E-state index contributed by atoms with van der Waals surface area (Å²) in [7, 11) is 0. The van der Waals surface area contributed by atoms with Gasteiger partial charge in [0.1, 0.15) is 0 Å². The van der Waals surface area contributed by atoms with Gasteiger partial charge in [-0.05, 0) is 5.56 Å². The minimum absolute atomic E-state index is 0. The van der Waals surface area contributed by atoms with Gasteiger partial charge in [-0.15, -0.1) is 12.4 Å². The first kappa shape index (κ1) is 16.9. The van der Waals surface area contributed by atoms with Crippen LogP contribution in [-0.4, -0.2) is 19.0 Å². The second-order valence-corrected chi connectivity index (χ2v) is 5.10. The predicted octanol–water partition coefficient (Wildman–Crippen LogP) is 2.10. The molecule has 1 aromatic rings. The van der Waals surface area contributed by atoms with E-state index < -0.39 is 0 Å². The van der Waals surface area contributed by atoms with E-state index in [1.54, 1.807) is 0 Å². The van der Waals surface area contributed by atoms with Crippen LogP contribution in [0.1, 0.15) is 26.3 Å². The fourth-order valence-corrected chi connectivity index (χ4v) is 1.58. The van der Waals surface area contributed by atoms with Gasteiger partial charge in [-0.1, -0.05) is 51.1 Å². The minimum Gasteiger partial charge on any atom is -0.355 e.